The lowest BCUT2D eigenvalue weighted by atomic mass is 10.1. The van der Waals surface area contributed by atoms with Crippen molar-refractivity contribution in [2.24, 2.45) is 5.92 Å². The van der Waals surface area contributed by atoms with E-state index in [0.29, 0.717) is 11.5 Å². The molecule has 1 aliphatic heterocycles. The quantitative estimate of drug-likeness (QED) is 0.725. The lowest BCUT2D eigenvalue weighted by Gasteiger charge is -2.15. The Morgan fingerprint density at radius 1 is 1.64 bits per heavy atom. The number of nitrogens with one attached hydrogen (secondary N) is 2. The van der Waals surface area contributed by atoms with Crippen molar-refractivity contribution in [2.75, 3.05) is 13.1 Å². The molecule has 1 saturated heterocycles. The van der Waals surface area contributed by atoms with Gasteiger partial charge in [0.2, 0.25) is 0 Å². The molecule has 14 heavy (non-hydrogen) atoms. The normalized spacial score (nSPS) is 26.4. The minimum Gasteiger partial charge on any atom is -0.472 e. The highest BCUT2D eigenvalue weighted by Crippen LogP contribution is 2.08. The minimum absolute atomic E-state index is 0.0562. The summed E-state index contributed by atoms with van der Waals surface area (Å²) in [6.07, 6.45) is 2.97. The van der Waals surface area contributed by atoms with Gasteiger partial charge in [0.1, 0.15) is 6.26 Å². The van der Waals surface area contributed by atoms with E-state index in [0.717, 1.165) is 13.1 Å². The molecule has 2 unspecified atom stereocenters. The number of carbonyl (C=O) groups excluding carboxylic acids is 1. The predicted molar refractivity (Wildman–Crippen MR) is 52.0 cm³/mol. The molecule has 0 saturated carbocycles. The summed E-state index contributed by atoms with van der Waals surface area (Å²) in [5.41, 5.74) is 0.587. The third-order valence-corrected chi connectivity index (χ3v) is 2.62. The van der Waals surface area contributed by atoms with Gasteiger partial charge in [-0.15, -0.1) is 0 Å². The fourth-order valence-electron chi connectivity index (χ4n) is 1.65. The second-order valence-corrected chi connectivity index (χ2v) is 3.73. The fraction of sp³-hybridized carbons (Fsp3) is 0.500. The van der Waals surface area contributed by atoms with Crippen LogP contribution in [0.25, 0.3) is 0 Å². The maximum atomic E-state index is 11.6. The monoisotopic (exact) mass is 194 g/mol. The van der Waals surface area contributed by atoms with Crippen molar-refractivity contribution in [3.63, 3.8) is 0 Å². The van der Waals surface area contributed by atoms with Crippen LogP contribution in [-0.4, -0.2) is 25.0 Å². The molecule has 1 fully saturated rings. The van der Waals surface area contributed by atoms with E-state index in [1.54, 1.807) is 6.07 Å². The Hall–Kier alpha value is -1.29. The van der Waals surface area contributed by atoms with E-state index < -0.39 is 0 Å². The van der Waals surface area contributed by atoms with Crippen molar-refractivity contribution >= 4 is 5.91 Å². The number of hydrogen-bond donors (Lipinski definition) is 2. The van der Waals surface area contributed by atoms with Crippen LogP contribution < -0.4 is 10.6 Å². The zero-order valence-electron chi connectivity index (χ0n) is 8.12. The van der Waals surface area contributed by atoms with Gasteiger partial charge in [-0.2, -0.15) is 0 Å². The fourth-order valence-corrected chi connectivity index (χ4v) is 1.65. The molecular formula is C10H14N2O2. The minimum atomic E-state index is -0.0562. The van der Waals surface area contributed by atoms with Gasteiger partial charge in [0.15, 0.2) is 0 Å². The topological polar surface area (TPSA) is 54.3 Å². The molecule has 4 nitrogen and oxygen atoms in total. The molecule has 2 N–H and O–H groups in total. The molecule has 1 aromatic heterocycles. The second kappa shape index (κ2) is 3.84. The molecule has 0 aliphatic carbocycles. The first-order valence-corrected chi connectivity index (χ1v) is 4.81. The second-order valence-electron chi connectivity index (χ2n) is 3.73. The van der Waals surface area contributed by atoms with Gasteiger partial charge in [-0.1, -0.05) is 6.92 Å². The maximum absolute atomic E-state index is 11.6. The Kier molecular flexibility index (Phi) is 2.54. The van der Waals surface area contributed by atoms with Gasteiger partial charge >= 0.3 is 0 Å². The lowest BCUT2D eigenvalue weighted by Crippen LogP contribution is -2.39. The van der Waals surface area contributed by atoms with E-state index in [9.17, 15) is 4.79 Å². The number of amides is 1. The van der Waals surface area contributed by atoms with Crippen LogP contribution in [0, 0.1) is 5.92 Å². The maximum Gasteiger partial charge on any atom is 0.254 e. The van der Waals surface area contributed by atoms with Crippen molar-refractivity contribution in [3.05, 3.63) is 24.2 Å². The van der Waals surface area contributed by atoms with Crippen molar-refractivity contribution in [1.82, 2.24) is 10.6 Å². The first kappa shape index (κ1) is 9.27. The molecule has 0 bridgehead atoms. The Morgan fingerprint density at radius 3 is 3.07 bits per heavy atom. The standard InChI is InChI=1S/C10H14N2O2/c1-7-4-11-5-9(7)12-10(13)8-2-3-14-6-8/h2-3,6-7,9,11H,4-5H2,1H3,(H,12,13). The van der Waals surface area contributed by atoms with Crippen LogP contribution >= 0.6 is 0 Å². The average Bonchev–Trinajstić information content (AvgIpc) is 2.77. The van der Waals surface area contributed by atoms with Crippen molar-refractivity contribution in [1.29, 1.82) is 0 Å². The van der Waals surface area contributed by atoms with Gasteiger partial charge in [0.05, 0.1) is 11.8 Å². The van der Waals surface area contributed by atoms with Crippen molar-refractivity contribution in [2.45, 2.75) is 13.0 Å². The van der Waals surface area contributed by atoms with Gasteiger partial charge in [-0.3, -0.25) is 4.79 Å². The summed E-state index contributed by atoms with van der Waals surface area (Å²) in [5, 5.41) is 6.20. The van der Waals surface area contributed by atoms with Gasteiger partial charge in [0, 0.05) is 12.6 Å². The van der Waals surface area contributed by atoms with E-state index in [4.69, 9.17) is 4.42 Å². The molecule has 2 heterocycles. The van der Waals surface area contributed by atoms with Gasteiger partial charge < -0.3 is 15.1 Å². The van der Waals surface area contributed by atoms with Crippen LogP contribution in [0.3, 0.4) is 0 Å². The molecule has 1 aliphatic rings. The Morgan fingerprint density at radius 2 is 2.50 bits per heavy atom. The van der Waals surface area contributed by atoms with E-state index in [2.05, 4.69) is 17.6 Å². The van der Waals surface area contributed by atoms with Crippen molar-refractivity contribution < 1.29 is 9.21 Å². The number of furan rings is 1. The van der Waals surface area contributed by atoms with Crippen LogP contribution in [0.5, 0.6) is 0 Å². The highest BCUT2D eigenvalue weighted by atomic mass is 16.3. The first-order chi connectivity index (χ1) is 6.77. The Bertz CT molecular complexity index is 308. The van der Waals surface area contributed by atoms with Crippen LogP contribution in [0.2, 0.25) is 0 Å². The summed E-state index contributed by atoms with van der Waals surface area (Å²) < 4.78 is 4.85. The summed E-state index contributed by atoms with van der Waals surface area (Å²) in [5.74, 6) is 0.435. The van der Waals surface area contributed by atoms with Gasteiger partial charge in [0.25, 0.3) is 5.91 Å². The summed E-state index contributed by atoms with van der Waals surface area (Å²) in [6.45, 7) is 3.95. The zero-order valence-corrected chi connectivity index (χ0v) is 8.12. The average molecular weight is 194 g/mol. The van der Waals surface area contributed by atoms with Crippen LogP contribution in [0.4, 0.5) is 0 Å². The molecule has 0 spiro atoms. The molecular weight excluding hydrogens is 180 g/mol. The highest BCUT2D eigenvalue weighted by Gasteiger charge is 2.24. The predicted octanol–water partition coefficient (Wildman–Crippen LogP) is 0.617. The SMILES string of the molecule is CC1CNCC1NC(=O)c1ccoc1. The molecule has 1 amide bonds. The molecule has 4 heteroatoms. The summed E-state index contributed by atoms with van der Waals surface area (Å²) in [6, 6.07) is 1.90. The number of rotatable bonds is 2. The number of hydrogen-bond acceptors (Lipinski definition) is 3. The van der Waals surface area contributed by atoms with Crippen LogP contribution in [0.15, 0.2) is 23.0 Å². The molecule has 76 valence electrons. The molecule has 2 atom stereocenters. The first-order valence-electron chi connectivity index (χ1n) is 4.81. The number of carbonyl (C=O) groups is 1. The summed E-state index contributed by atoms with van der Waals surface area (Å²) in [4.78, 5) is 11.6. The zero-order chi connectivity index (χ0) is 9.97. The Balaban J connectivity index is 1.95. The van der Waals surface area contributed by atoms with E-state index in [1.807, 2.05) is 0 Å². The highest BCUT2D eigenvalue weighted by molar-refractivity contribution is 5.94. The molecule has 1 aromatic rings. The van der Waals surface area contributed by atoms with Crippen molar-refractivity contribution in [3.8, 4) is 0 Å². The van der Waals surface area contributed by atoms with E-state index >= 15 is 0 Å². The molecule has 0 radical (unpaired) electrons. The van der Waals surface area contributed by atoms with Gasteiger partial charge in [-0.05, 0) is 18.5 Å². The Labute approximate surface area is 82.7 Å². The third kappa shape index (κ3) is 1.80. The largest absolute Gasteiger partial charge is 0.472 e. The lowest BCUT2D eigenvalue weighted by molar-refractivity contribution is 0.0932. The summed E-state index contributed by atoms with van der Waals surface area (Å²) in [7, 11) is 0. The summed E-state index contributed by atoms with van der Waals surface area (Å²) >= 11 is 0. The molecule has 2 rings (SSSR count). The smallest absolute Gasteiger partial charge is 0.254 e. The molecule has 0 aromatic carbocycles. The van der Waals surface area contributed by atoms with Crippen LogP contribution in [-0.2, 0) is 0 Å². The van der Waals surface area contributed by atoms with E-state index in [-0.39, 0.29) is 11.9 Å². The van der Waals surface area contributed by atoms with Crippen LogP contribution in [0.1, 0.15) is 17.3 Å². The van der Waals surface area contributed by atoms with Gasteiger partial charge in [-0.25, -0.2) is 0 Å². The van der Waals surface area contributed by atoms with E-state index in [1.165, 1.54) is 12.5 Å². The third-order valence-electron chi connectivity index (χ3n) is 2.62.